The number of fused-ring (bicyclic) bond motifs is 1. The van der Waals surface area contributed by atoms with Crippen LogP contribution in [0.4, 0.5) is 11.4 Å². The molecule has 2 aromatic rings. The van der Waals surface area contributed by atoms with Crippen molar-refractivity contribution >= 4 is 23.2 Å². The second-order valence-electron chi connectivity index (χ2n) is 5.71. The van der Waals surface area contributed by atoms with Crippen molar-refractivity contribution in [3.8, 4) is 5.75 Å². The number of carbonyl (C=O) groups excluding carboxylic acids is 2. The number of nitrogens with zero attached hydrogens (tertiary/aromatic N) is 3. The standard InChI is InChI=1S/C17H18N4O3/c1-9-7-13(10(2)20-19-9)17(23)21-11(3)16(22)18-14-6-5-12(24-4)8-15(14)21/h5-8,11H,1-4H3,(H,18,22). The van der Waals surface area contributed by atoms with E-state index in [0.717, 1.165) is 0 Å². The Bertz CT molecular complexity index is 835. The highest BCUT2D eigenvalue weighted by molar-refractivity contribution is 6.17. The van der Waals surface area contributed by atoms with E-state index in [1.54, 1.807) is 52.1 Å². The van der Waals surface area contributed by atoms with E-state index in [-0.39, 0.29) is 11.8 Å². The third kappa shape index (κ3) is 2.58. The number of methoxy groups -OCH3 is 1. The van der Waals surface area contributed by atoms with E-state index in [1.807, 2.05) is 0 Å². The molecular formula is C17H18N4O3. The molecular weight excluding hydrogens is 308 g/mol. The summed E-state index contributed by atoms with van der Waals surface area (Å²) in [5.41, 5.74) is 2.76. The second-order valence-corrected chi connectivity index (χ2v) is 5.71. The quantitative estimate of drug-likeness (QED) is 0.913. The van der Waals surface area contributed by atoms with Crippen LogP contribution >= 0.6 is 0 Å². The van der Waals surface area contributed by atoms with E-state index in [2.05, 4.69) is 15.5 Å². The van der Waals surface area contributed by atoms with E-state index in [4.69, 9.17) is 4.74 Å². The summed E-state index contributed by atoms with van der Waals surface area (Å²) in [6.45, 7) is 5.18. The van der Waals surface area contributed by atoms with Gasteiger partial charge in [-0.15, -0.1) is 0 Å². The van der Waals surface area contributed by atoms with Gasteiger partial charge in [-0.1, -0.05) is 0 Å². The van der Waals surface area contributed by atoms with Gasteiger partial charge in [-0.05, 0) is 39.0 Å². The van der Waals surface area contributed by atoms with E-state index >= 15 is 0 Å². The Morgan fingerprint density at radius 2 is 2.00 bits per heavy atom. The summed E-state index contributed by atoms with van der Waals surface area (Å²) in [5, 5.41) is 10.8. The van der Waals surface area contributed by atoms with Crippen molar-refractivity contribution in [3.05, 3.63) is 41.2 Å². The van der Waals surface area contributed by atoms with Gasteiger partial charge in [0.15, 0.2) is 0 Å². The molecule has 7 nitrogen and oxygen atoms in total. The molecule has 1 aliphatic rings. The Morgan fingerprint density at radius 1 is 1.25 bits per heavy atom. The summed E-state index contributed by atoms with van der Waals surface area (Å²) in [6.07, 6.45) is 0. The van der Waals surface area contributed by atoms with E-state index in [9.17, 15) is 9.59 Å². The maximum atomic E-state index is 13.1. The average Bonchev–Trinajstić information content (AvgIpc) is 2.57. The number of nitrogens with one attached hydrogen (secondary N) is 1. The fraction of sp³-hybridized carbons (Fsp3) is 0.294. The number of rotatable bonds is 2. The molecule has 24 heavy (non-hydrogen) atoms. The van der Waals surface area contributed by atoms with Gasteiger partial charge in [-0.2, -0.15) is 10.2 Å². The predicted molar refractivity (Wildman–Crippen MR) is 89.4 cm³/mol. The van der Waals surface area contributed by atoms with Crippen LogP contribution in [0.2, 0.25) is 0 Å². The predicted octanol–water partition coefficient (Wildman–Crippen LogP) is 2.09. The van der Waals surface area contributed by atoms with Crippen LogP contribution in [0.25, 0.3) is 0 Å². The zero-order chi connectivity index (χ0) is 17.4. The number of aromatic nitrogens is 2. The van der Waals surface area contributed by atoms with Gasteiger partial charge >= 0.3 is 0 Å². The summed E-state index contributed by atoms with van der Waals surface area (Å²) < 4.78 is 5.25. The minimum absolute atomic E-state index is 0.239. The molecule has 1 N–H and O–H groups in total. The molecule has 0 fully saturated rings. The van der Waals surface area contributed by atoms with Crippen LogP contribution in [-0.4, -0.2) is 35.2 Å². The van der Waals surface area contributed by atoms with Crippen LogP contribution in [0.1, 0.15) is 28.7 Å². The molecule has 1 aliphatic heterocycles. The summed E-state index contributed by atoms with van der Waals surface area (Å²) in [6, 6.07) is 6.23. The lowest BCUT2D eigenvalue weighted by molar-refractivity contribution is -0.117. The van der Waals surface area contributed by atoms with Gasteiger partial charge in [-0.25, -0.2) is 0 Å². The van der Waals surface area contributed by atoms with Crippen molar-refractivity contribution in [2.24, 2.45) is 0 Å². The Morgan fingerprint density at radius 3 is 2.71 bits per heavy atom. The third-order valence-electron chi connectivity index (χ3n) is 4.04. The smallest absolute Gasteiger partial charge is 0.261 e. The van der Waals surface area contributed by atoms with E-state index < -0.39 is 6.04 Å². The van der Waals surface area contributed by atoms with Gasteiger partial charge in [0.05, 0.1) is 35.4 Å². The highest BCUT2D eigenvalue weighted by atomic mass is 16.5. The number of hydrogen-bond donors (Lipinski definition) is 1. The van der Waals surface area contributed by atoms with Crippen LogP contribution in [0.3, 0.4) is 0 Å². The zero-order valence-corrected chi connectivity index (χ0v) is 14.0. The largest absolute Gasteiger partial charge is 0.497 e. The first-order valence-electron chi connectivity index (χ1n) is 7.55. The molecule has 0 bridgehead atoms. The Kier molecular flexibility index (Phi) is 3.92. The molecule has 0 saturated heterocycles. The summed E-state index contributed by atoms with van der Waals surface area (Å²) in [7, 11) is 1.55. The number of aryl methyl sites for hydroxylation is 2. The van der Waals surface area contributed by atoms with Crippen molar-refractivity contribution in [3.63, 3.8) is 0 Å². The molecule has 1 aromatic carbocycles. The molecule has 3 rings (SSSR count). The minimum atomic E-state index is -0.648. The second kappa shape index (κ2) is 5.92. The summed E-state index contributed by atoms with van der Waals surface area (Å²) in [4.78, 5) is 26.8. The molecule has 1 atom stereocenters. The maximum Gasteiger partial charge on any atom is 0.261 e. The molecule has 0 aliphatic carbocycles. The lowest BCUT2D eigenvalue weighted by atomic mass is 10.1. The first-order chi connectivity index (χ1) is 11.4. The first kappa shape index (κ1) is 15.9. The van der Waals surface area contributed by atoms with Crippen LogP contribution in [0.5, 0.6) is 5.75 Å². The van der Waals surface area contributed by atoms with Crippen LogP contribution in [-0.2, 0) is 4.79 Å². The Hall–Kier alpha value is -2.96. The molecule has 7 heteroatoms. The molecule has 1 unspecified atom stereocenters. The molecule has 2 heterocycles. The summed E-state index contributed by atoms with van der Waals surface area (Å²) >= 11 is 0. The fourth-order valence-corrected chi connectivity index (χ4v) is 2.69. The number of carbonyl (C=O) groups is 2. The monoisotopic (exact) mass is 326 g/mol. The van der Waals surface area contributed by atoms with Gasteiger partial charge < -0.3 is 10.1 Å². The number of hydrogen-bond acceptors (Lipinski definition) is 5. The SMILES string of the molecule is COc1ccc2c(c1)N(C(=O)c1cc(C)nnc1C)C(C)C(=O)N2. The van der Waals surface area contributed by atoms with Gasteiger partial charge in [0.2, 0.25) is 5.91 Å². The maximum absolute atomic E-state index is 13.1. The van der Waals surface area contributed by atoms with E-state index in [1.165, 1.54) is 4.90 Å². The molecule has 124 valence electrons. The lowest BCUT2D eigenvalue weighted by Crippen LogP contribution is -2.49. The molecule has 0 saturated carbocycles. The topological polar surface area (TPSA) is 84.4 Å². The van der Waals surface area contributed by atoms with Gasteiger partial charge in [0.1, 0.15) is 11.8 Å². The van der Waals surface area contributed by atoms with Gasteiger partial charge in [0.25, 0.3) is 5.91 Å². The minimum Gasteiger partial charge on any atom is -0.497 e. The third-order valence-corrected chi connectivity index (χ3v) is 4.04. The molecule has 1 aromatic heterocycles. The number of amides is 2. The highest BCUT2D eigenvalue weighted by Crippen LogP contribution is 2.36. The van der Waals surface area contributed by atoms with Gasteiger partial charge in [0, 0.05) is 6.07 Å². The number of anilines is 2. The Labute approximate surface area is 139 Å². The zero-order valence-electron chi connectivity index (χ0n) is 14.0. The summed E-state index contributed by atoms with van der Waals surface area (Å²) in [5.74, 6) is 0.0791. The van der Waals surface area contributed by atoms with Crippen LogP contribution in [0.15, 0.2) is 24.3 Å². The van der Waals surface area contributed by atoms with Crippen LogP contribution in [0, 0.1) is 13.8 Å². The van der Waals surface area contributed by atoms with E-state index in [0.29, 0.717) is 34.1 Å². The van der Waals surface area contributed by atoms with Crippen molar-refractivity contribution in [2.75, 3.05) is 17.3 Å². The first-order valence-corrected chi connectivity index (χ1v) is 7.55. The normalized spacial score (nSPS) is 16.4. The molecule has 2 amide bonds. The molecule has 0 radical (unpaired) electrons. The molecule has 0 spiro atoms. The van der Waals surface area contributed by atoms with Crippen molar-refractivity contribution < 1.29 is 14.3 Å². The average molecular weight is 326 g/mol. The van der Waals surface area contributed by atoms with Crippen molar-refractivity contribution in [2.45, 2.75) is 26.8 Å². The highest BCUT2D eigenvalue weighted by Gasteiger charge is 2.35. The lowest BCUT2D eigenvalue weighted by Gasteiger charge is -2.35. The Balaban J connectivity index is 2.13. The van der Waals surface area contributed by atoms with Crippen molar-refractivity contribution in [1.82, 2.24) is 10.2 Å². The van der Waals surface area contributed by atoms with Gasteiger partial charge in [-0.3, -0.25) is 14.5 Å². The van der Waals surface area contributed by atoms with Crippen LogP contribution < -0.4 is 15.0 Å². The fourth-order valence-electron chi connectivity index (χ4n) is 2.69. The van der Waals surface area contributed by atoms with Crippen molar-refractivity contribution in [1.29, 1.82) is 0 Å². The number of ether oxygens (including phenoxy) is 1. The number of benzene rings is 1.